The van der Waals surface area contributed by atoms with Crippen molar-refractivity contribution in [1.82, 2.24) is 4.31 Å². The van der Waals surface area contributed by atoms with Gasteiger partial charge in [-0.05, 0) is 49.1 Å². The van der Waals surface area contributed by atoms with E-state index in [9.17, 15) is 13.2 Å². The Morgan fingerprint density at radius 3 is 2.42 bits per heavy atom. The normalized spacial score (nSPS) is 17.4. The lowest BCUT2D eigenvalue weighted by Gasteiger charge is -2.26. The summed E-state index contributed by atoms with van der Waals surface area (Å²) < 4.78 is 26.6. The molecule has 0 atom stereocenters. The van der Waals surface area contributed by atoms with Crippen LogP contribution in [-0.2, 0) is 10.0 Å². The first kappa shape index (κ1) is 14.5. The Bertz CT molecular complexity index is 592. The number of nitrogens with zero attached hydrogens (tertiary/aromatic N) is 1. The Kier molecular flexibility index (Phi) is 4.28. The topological polar surface area (TPSA) is 54.5 Å². The van der Waals surface area contributed by atoms with E-state index < -0.39 is 15.3 Å². The number of hydrogen-bond acceptors (Lipinski definition) is 3. The van der Waals surface area contributed by atoms with E-state index in [2.05, 4.69) is 0 Å². The molecule has 1 aliphatic heterocycles. The van der Waals surface area contributed by atoms with E-state index in [1.807, 2.05) is 0 Å². The molecule has 0 bridgehead atoms. The van der Waals surface area contributed by atoms with Crippen LogP contribution in [0, 0.1) is 6.92 Å². The lowest BCUT2D eigenvalue weighted by molar-refractivity contribution is 0.108. The van der Waals surface area contributed by atoms with Crippen LogP contribution in [0.4, 0.5) is 0 Å². The van der Waals surface area contributed by atoms with Crippen LogP contribution >= 0.6 is 11.6 Å². The zero-order valence-electron chi connectivity index (χ0n) is 10.7. The molecular weight excluding hydrogens is 286 g/mol. The van der Waals surface area contributed by atoms with Crippen LogP contribution in [0.1, 0.15) is 35.2 Å². The Morgan fingerprint density at radius 2 is 1.84 bits per heavy atom. The van der Waals surface area contributed by atoms with E-state index in [4.69, 9.17) is 11.6 Å². The summed E-state index contributed by atoms with van der Waals surface area (Å²) in [6.45, 7) is 2.81. The monoisotopic (exact) mass is 301 g/mol. The molecular formula is C13H16ClNO3S. The summed E-state index contributed by atoms with van der Waals surface area (Å²) in [5, 5.41) is -0.643. The van der Waals surface area contributed by atoms with Crippen LogP contribution < -0.4 is 0 Å². The minimum Gasteiger partial charge on any atom is -0.276 e. The minimum atomic E-state index is -3.53. The molecule has 1 saturated heterocycles. The first-order chi connectivity index (χ1) is 8.93. The second-order valence-corrected chi connectivity index (χ2v) is 6.97. The van der Waals surface area contributed by atoms with E-state index in [0.717, 1.165) is 19.3 Å². The quantitative estimate of drug-likeness (QED) is 0.806. The second kappa shape index (κ2) is 5.61. The van der Waals surface area contributed by atoms with E-state index >= 15 is 0 Å². The summed E-state index contributed by atoms with van der Waals surface area (Å²) in [5.41, 5.74) is 0.843. The van der Waals surface area contributed by atoms with E-state index in [1.54, 1.807) is 19.1 Å². The van der Waals surface area contributed by atoms with Gasteiger partial charge in [-0.1, -0.05) is 12.5 Å². The molecule has 1 aliphatic rings. The molecule has 0 amide bonds. The molecule has 0 radical (unpaired) electrons. The molecule has 0 unspecified atom stereocenters. The van der Waals surface area contributed by atoms with Crippen molar-refractivity contribution >= 4 is 26.9 Å². The molecule has 1 aromatic rings. The van der Waals surface area contributed by atoms with Crippen LogP contribution in [-0.4, -0.2) is 31.1 Å². The van der Waals surface area contributed by atoms with E-state index in [0.29, 0.717) is 18.7 Å². The molecule has 4 nitrogen and oxygen atoms in total. The zero-order chi connectivity index (χ0) is 14.0. The number of benzene rings is 1. The van der Waals surface area contributed by atoms with Gasteiger partial charge in [0.1, 0.15) is 0 Å². The molecule has 2 rings (SSSR count). The largest absolute Gasteiger partial charge is 0.276 e. The van der Waals surface area contributed by atoms with E-state index in [-0.39, 0.29) is 10.5 Å². The first-order valence-corrected chi connectivity index (χ1v) is 8.05. The van der Waals surface area contributed by atoms with Crippen molar-refractivity contribution in [3.63, 3.8) is 0 Å². The second-order valence-electron chi connectivity index (χ2n) is 4.72. The lowest BCUT2D eigenvalue weighted by atomic mass is 10.2. The SMILES string of the molecule is Cc1ccc(C(=O)Cl)cc1S(=O)(=O)N1CCCCC1. The fourth-order valence-corrected chi connectivity index (χ4v) is 4.13. The van der Waals surface area contributed by atoms with Crippen molar-refractivity contribution in [2.24, 2.45) is 0 Å². The standard InChI is InChI=1S/C13H16ClNO3S/c1-10-5-6-11(13(14)16)9-12(10)19(17,18)15-7-3-2-4-8-15/h5-6,9H,2-4,7-8H2,1H3. The van der Waals surface area contributed by atoms with Gasteiger partial charge in [0.2, 0.25) is 10.0 Å². The summed E-state index contributed by atoms with van der Waals surface area (Å²) in [7, 11) is -3.53. The number of rotatable bonds is 3. The van der Waals surface area contributed by atoms with Gasteiger partial charge in [0.05, 0.1) is 4.90 Å². The number of hydrogen-bond donors (Lipinski definition) is 0. The Hall–Kier alpha value is -0.910. The van der Waals surface area contributed by atoms with Crippen LogP contribution in [0.25, 0.3) is 0 Å². The van der Waals surface area contributed by atoms with Gasteiger partial charge < -0.3 is 0 Å². The third-order valence-corrected chi connectivity index (χ3v) is 5.61. The highest BCUT2D eigenvalue weighted by atomic mass is 35.5. The number of carbonyl (C=O) groups is 1. The highest BCUT2D eigenvalue weighted by Gasteiger charge is 2.27. The molecule has 104 valence electrons. The molecule has 0 N–H and O–H groups in total. The number of halogens is 1. The summed E-state index contributed by atoms with van der Waals surface area (Å²) in [4.78, 5) is 11.4. The number of sulfonamides is 1. The van der Waals surface area contributed by atoms with Crippen LogP contribution in [0.15, 0.2) is 23.1 Å². The predicted octanol–water partition coefficient (Wildman–Crippen LogP) is 2.55. The van der Waals surface area contributed by atoms with E-state index in [1.165, 1.54) is 10.4 Å². The fourth-order valence-electron chi connectivity index (χ4n) is 2.24. The summed E-state index contributed by atoms with van der Waals surface area (Å²) in [6.07, 6.45) is 2.82. The number of carbonyl (C=O) groups excluding carboxylic acids is 1. The summed E-state index contributed by atoms with van der Waals surface area (Å²) >= 11 is 5.42. The highest BCUT2D eigenvalue weighted by Crippen LogP contribution is 2.24. The maximum absolute atomic E-state index is 12.6. The van der Waals surface area contributed by atoms with Crippen molar-refractivity contribution in [1.29, 1.82) is 0 Å². The van der Waals surface area contributed by atoms with Gasteiger partial charge >= 0.3 is 0 Å². The minimum absolute atomic E-state index is 0.181. The van der Waals surface area contributed by atoms with Gasteiger partial charge in [-0.25, -0.2) is 8.42 Å². The van der Waals surface area contributed by atoms with Crippen molar-refractivity contribution < 1.29 is 13.2 Å². The fraction of sp³-hybridized carbons (Fsp3) is 0.462. The van der Waals surface area contributed by atoms with Crippen molar-refractivity contribution in [2.75, 3.05) is 13.1 Å². The molecule has 1 aromatic carbocycles. The molecule has 0 aromatic heterocycles. The first-order valence-electron chi connectivity index (χ1n) is 6.23. The zero-order valence-corrected chi connectivity index (χ0v) is 12.3. The molecule has 19 heavy (non-hydrogen) atoms. The van der Waals surface area contributed by atoms with Crippen LogP contribution in [0.3, 0.4) is 0 Å². The Labute approximate surface area is 118 Å². The molecule has 1 fully saturated rings. The van der Waals surface area contributed by atoms with Gasteiger partial charge in [-0.2, -0.15) is 4.31 Å². The van der Waals surface area contributed by atoms with Crippen LogP contribution in [0.5, 0.6) is 0 Å². The highest BCUT2D eigenvalue weighted by molar-refractivity contribution is 7.89. The molecule has 0 aliphatic carbocycles. The van der Waals surface area contributed by atoms with Gasteiger partial charge in [0.15, 0.2) is 0 Å². The van der Waals surface area contributed by atoms with Crippen molar-refractivity contribution in [2.45, 2.75) is 31.1 Å². The maximum atomic E-state index is 12.6. The van der Waals surface area contributed by atoms with Gasteiger partial charge in [0, 0.05) is 18.7 Å². The van der Waals surface area contributed by atoms with Gasteiger partial charge in [0.25, 0.3) is 5.24 Å². The smallest absolute Gasteiger partial charge is 0.252 e. The molecule has 1 heterocycles. The predicted molar refractivity (Wildman–Crippen MR) is 74.0 cm³/mol. The Balaban J connectivity index is 2.44. The lowest BCUT2D eigenvalue weighted by Crippen LogP contribution is -2.36. The molecule has 0 saturated carbocycles. The summed E-state index contributed by atoms with van der Waals surface area (Å²) in [5.74, 6) is 0. The number of aryl methyl sites for hydroxylation is 1. The average molecular weight is 302 g/mol. The van der Waals surface area contributed by atoms with Gasteiger partial charge in [-0.3, -0.25) is 4.79 Å². The Morgan fingerprint density at radius 1 is 1.21 bits per heavy atom. The van der Waals surface area contributed by atoms with Gasteiger partial charge in [-0.15, -0.1) is 0 Å². The maximum Gasteiger partial charge on any atom is 0.252 e. The number of piperidine rings is 1. The van der Waals surface area contributed by atoms with Crippen molar-refractivity contribution in [3.8, 4) is 0 Å². The summed E-state index contributed by atoms with van der Waals surface area (Å²) in [6, 6.07) is 4.53. The molecule has 6 heteroatoms. The average Bonchev–Trinajstić information content (AvgIpc) is 2.39. The van der Waals surface area contributed by atoms with Crippen molar-refractivity contribution in [3.05, 3.63) is 29.3 Å². The van der Waals surface area contributed by atoms with Crippen LogP contribution in [0.2, 0.25) is 0 Å². The third kappa shape index (κ3) is 2.99. The molecule has 0 spiro atoms. The third-order valence-electron chi connectivity index (χ3n) is 3.35.